The van der Waals surface area contributed by atoms with E-state index in [2.05, 4.69) is 15.0 Å². The molecule has 3 heterocycles. The summed E-state index contributed by atoms with van der Waals surface area (Å²) in [5.74, 6) is 1.11. The van der Waals surface area contributed by atoms with Crippen LogP contribution in [0.25, 0.3) is 5.82 Å². The molecule has 2 aromatic rings. The minimum Gasteiger partial charge on any atom is -0.396 e. The predicted molar refractivity (Wildman–Crippen MR) is 77.8 cm³/mol. The summed E-state index contributed by atoms with van der Waals surface area (Å²) in [4.78, 5) is 6.57. The van der Waals surface area contributed by atoms with Gasteiger partial charge in [0, 0.05) is 57.1 Å². The van der Waals surface area contributed by atoms with Crippen LogP contribution in [0.2, 0.25) is 0 Å². The first-order valence-electron chi connectivity index (χ1n) is 7.20. The number of aliphatic hydroxyl groups excluding tert-OH is 2. The van der Waals surface area contributed by atoms with E-state index < -0.39 is 0 Å². The molecule has 2 N–H and O–H groups in total. The van der Waals surface area contributed by atoms with Gasteiger partial charge in [-0.05, 0) is 18.2 Å². The second kappa shape index (κ2) is 6.34. The highest BCUT2D eigenvalue weighted by atomic mass is 16.3. The lowest BCUT2D eigenvalue weighted by atomic mass is 9.98. The number of aromatic nitrogens is 3. The molecule has 3 rings (SSSR count). The maximum absolute atomic E-state index is 9.38. The lowest BCUT2D eigenvalue weighted by Gasteiger charge is -2.16. The Morgan fingerprint density at radius 2 is 1.81 bits per heavy atom. The lowest BCUT2D eigenvalue weighted by Crippen LogP contribution is -2.23. The third-order valence-electron chi connectivity index (χ3n) is 4.09. The molecule has 0 amide bonds. The summed E-state index contributed by atoms with van der Waals surface area (Å²) in [5, 5.41) is 23.1. The van der Waals surface area contributed by atoms with Gasteiger partial charge < -0.3 is 10.2 Å². The average Bonchev–Trinajstić information content (AvgIpc) is 3.14. The monoisotopic (exact) mass is 288 g/mol. The van der Waals surface area contributed by atoms with Crippen LogP contribution in [0.15, 0.2) is 36.7 Å². The first-order valence-corrected chi connectivity index (χ1v) is 7.20. The van der Waals surface area contributed by atoms with Gasteiger partial charge in [-0.15, -0.1) is 0 Å². The molecule has 2 atom stereocenters. The van der Waals surface area contributed by atoms with Gasteiger partial charge in [0.15, 0.2) is 5.82 Å². The standard InChI is InChI=1S/C15H20N4O2/c20-10-12-7-18(8-13(12)11-21)9-14-4-6-17-19(14)15-3-1-2-5-16-15/h1-6,12-13,20-21H,7-11H2/t12-,13-/m0/s1. The molecule has 112 valence electrons. The zero-order valence-corrected chi connectivity index (χ0v) is 11.8. The van der Waals surface area contributed by atoms with E-state index in [1.165, 1.54) is 0 Å². The number of hydrogen-bond acceptors (Lipinski definition) is 5. The maximum Gasteiger partial charge on any atom is 0.153 e. The van der Waals surface area contributed by atoms with Gasteiger partial charge in [0.05, 0.1) is 5.69 Å². The van der Waals surface area contributed by atoms with Crippen LogP contribution in [-0.4, -0.2) is 56.2 Å². The lowest BCUT2D eigenvalue weighted by molar-refractivity contribution is 0.152. The molecule has 0 aliphatic carbocycles. The molecule has 6 nitrogen and oxygen atoms in total. The first-order chi connectivity index (χ1) is 10.3. The Balaban J connectivity index is 1.74. The molecule has 2 aromatic heterocycles. The van der Waals surface area contributed by atoms with Crippen LogP contribution >= 0.6 is 0 Å². The van der Waals surface area contributed by atoms with Gasteiger partial charge in [0.2, 0.25) is 0 Å². The quantitative estimate of drug-likeness (QED) is 0.828. The first kappa shape index (κ1) is 14.2. The molecule has 0 bridgehead atoms. The van der Waals surface area contributed by atoms with Crippen molar-refractivity contribution in [1.29, 1.82) is 0 Å². The Hall–Kier alpha value is -1.76. The number of rotatable bonds is 5. The van der Waals surface area contributed by atoms with Crippen molar-refractivity contribution in [3.05, 3.63) is 42.4 Å². The molecule has 0 radical (unpaired) electrons. The molecule has 1 saturated heterocycles. The van der Waals surface area contributed by atoms with Crippen LogP contribution in [-0.2, 0) is 6.54 Å². The number of nitrogens with zero attached hydrogens (tertiary/aromatic N) is 4. The van der Waals surface area contributed by atoms with Crippen molar-refractivity contribution >= 4 is 0 Å². The Morgan fingerprint density at radius 1 is 1.05 bits per heavy atom. The minimum atomic E-state index is 0.126. The largest absolute Gasteiger partial charge is 0.396 e. The summed E-state index contributed by atoms with van der Waals surface area (Å²) in [6.45, 7) is 2.59. The Labute approximate surface area is 123 Å². The number of hydrogen-bond donors (Lipinski definition) is 2. The van der Waals surface area contributed by atoms with E-state index >= 15 is 0 Å². The topological polar surface area (TPSA) is 74.4 Å². The minimum absolute atomic E-state index is 0.126. The molecule has 0 spiro atoms. The second-order valence-corrected chi connectivity index (χ2v) is 5.50. The molecular formula is C15H20N4O2. The average molecular weight is 288 g/mol. The highest BCUT2D eigenvalue weighted by molar-refractivity contribution is 5.23. The number of likely N-dealkylation sites (tertiary alicyclic amines) is 1. The van der Waals surface area contributed by atoms with E-state index in [0.717, 1.165) is 31.1 Å². The zero-order chi connectivity index (χ0) is 14.7. The van der Waals surface area contributed by atoms with Gasteiger partial charge in [-0.1, -0.05) is 6.07 Å². The Kier molecular flexibility index (Phi) is 4.28. The van der Waals surface area contributed by atoms with Gasteiger partial charge in [-0.2, -0.15) is 5.10 Å². The van der Waals surface area contributed by atoms with Crippen molar-refractivity contribution in [2.75, 3.05) is 26.3 Å². The summed E-state index contributed by atoms with van der Waals surface area (Å²) in [7, 11) is 0. The van der Waals surface area contributed by atoms with Crippen LogP contribution in [0.4, 0.5) is 0 Å². The van der Waals surface area contributed by atoms with E-state index in [4.69, 9.17) is 0 Å². The van der Waals surface area contributed by atoms with Crippen LogP contribution in [0.1, 0.15) is 5.69 Å². The summed E-state index contributed by atoms with van der Waals surface area (Å²) in [6, 6.07) is 7.72. The van der Waals surface area contributed by atoms with Gasteiger partial charge in [-0.25, -0.2) is 9.67 Å². The Morgan fingerprint density at radius 3 is 2.43 bits per heavy atom. The molecule has 0 saturated carbocycles. The zero-order valence-electron chi connectivity index (χ0n) is 11.8. The molecule has 1 aliphatic rings. The summed E-state index contributed by atoms with van der Waals surface area (Å²) >= 11 is 0. The van der Waals surface area contributed by atoms with Crippen LogP contribution in [0.5, 0.6) is 0 Å². The van der Waals surface area contributed by atoms with Crippen LogP contribution in [0.3, 0.4) is 0 Å². The van der Waals surface area contributed by atoms with Crippen molar-refractivity contribution in [2.24, 2.45) is 11.8 Å². The summed E-state index contributed by atoms with van der Waals surface area (Å²) in [6.07, 6.45) is 3.52. The predicted octanol–water partition coefficient (Wildman–Crippen LogP) is 0.300. The Bertz CT molecular complexity index is 560. The molecule has 1 fully saturated rings. The molecular weight excluding hydrogens is 268 g/mol. The van der Waals surface area contributed by atoms with Crippen LogP contribution < -0.4 is 0 Å². The van der Waals surface area contributed by atoms with Gasteiger partial charge in [0.25, 0.3) is 0 Å². The fourth-order valence-electron chi connectivity index (χ4n) is 2.94. The number of aliphatic hydroxyl groups is 2. The van der Waals surface area contributed by atoms with E-state index in [1.54, 1.807) is 12.4 Å². The van der Waals surface area contributed by atoms with Gasteiger partial charge in [0.1, 0.15) is 0 Å². The molecule has 0 aromatic carbocycles. The SMILES string of the molecule is OC[C@@H]1CN(Cc2ccnn2-c2ccccn2)C[C@H]1CO. The van der Waals surface area contributed by atoms with Crippen molar-refractivity contribution in [3.8, 4) is 5.82 Å². The second-order valence-electron chi connectivity index (χ2n) is 5.50. The molecule has 0 unspecified atom stereocenters. The van der Waals surface area contributed by atoms with E-state index in [9.17, 15) is 10.2 Å². The van der Waals surface area contributed by atoms with Gasteiger partial charge >= 0.3 is 0 Å². The summed E-state index contributed by atoms with van der Waals surface area (Å²) < 4.78 is 1.83. The molecule has 21 heavy (non-hydrogen) atoms. The normalized spacial score (nSPS) is 22.8. The van der Waals surface area contributed by atoms with Crippen molar-refractivity contribution in [2.45, 2.75) is 6.54 Å². The smallest absolute Gasteiger partial charge is 0.153 e. The summed E-state index contributed by atoms with van der Waals surface area (Å²) in [5.41, 5.74) is 1.06. The van der Waals surface area contributed by atoms with E-state index in [0.29, 0.717) is 0 Å². The fraction of sp³-hybridized carbons (Fsp3) is 0.467. The van der Waals surface area contributed by atoms with E-state index in [-0.39, 0.29) is 25.0 Å². The fourth-order valence-corrected chi connectivity index (χ4v) is 2.94. The third-order valence-corrected chi connectivity index (χ3v) is 4.09. The highest BCUT2D eigenvalue weighted by Crippen LogP contribution is 2.24. The van der Waals surface area contributed by atoms with Crippen LogP contribution in [0, 0.1) is 11.8 Å². The van der Waals surface area contributed by atoms with E-state index in [1.807, 2.05) is 28.9 Å². The molecule has 1 aliphatic heterocycles. The van der Waals surface area contributed by atoms with Crippen molar-refractivity contribution in [1.82, 2.24) is 19.7 Å². The van der Waals surface area contributed by atoms with Gasteiger partial charge in [-0.3, -0.25) is 4.90 Å². The number of pyridine rings is 1. The maximum atomic E-state index is 9.38. The van der Waals surface area contributed by atoms with Crippen molar-refractivity contribution in [3.63, 3.8) is 0 Å². The molecule has 6 heteroatoms. The third kappa shape index (κ3) is 2.97. The van der Waals surface area contributed by atoms with Crippen molar-refractivity contribution < 1.29 is 10.2 Å². The highest BCUT2D eigenvalue weighted by Gasteiger charge is 2.32.